The Morgan fingerprint density at radius 2 is 1.72 bits per heavy atom. The molecule has 2 rings (SSSR count). The van der Waals surface area contributed by atoms with Crippen molar-refractivity contribution in [2.45, 2.75) is 25.8 Å². The summed E-state index contributed by atoms with van der Waals surface area (Å²) in [5.74, 6) is -0.360. The minimum absolute atomic E-state index is 0.112. The normalized spacial score (nSPS) is 11.6. The highest BCUT2D eigenvalue weighted by atomic mass is 35.5. The lowest BCUT2D eigenvalue weighted by atomic mass is 10.1. The molecule has 2 amide bonds. The number of anilines is 1. The molecule has 0 saturated carbocycles. The van der Waals surface area contributed by atoms with Crippen molar-refractivity contribution in [2.75, 3.05) is 11.9 Å². The van der Waals surface area contributed by atoms with Crippen LogP contribution < -0.4 is 16.4 Å². The highest BCUT2D eigenvalue weighted by Gasteiger charge is 2.15. The van der Waals surface area contributed by atoms with Gasteiger partial charge in [-0.3, -0.25) is 9.59 Å². The first-order chi connectivity index (χ1) is 12.0. The van der Waals surface area contributed by atoms with E-state index >= 15 is 0 Å². The van der Waals surface area contributed by atoms with Crippen molar-refractivity contribution in [3.8, 4) is 0 Å². The van der Waals surface area contributed by atoms with Crippen molar-refractivity contribution in [1.82, 2.24) is 5.32 Å². The fourth-order valence-corrected chi connectivity index (χ4v) is 2.38. The predicted molar refractivity (Wildman–Crippen MR) is 100 cm³/mol. The first-order valence-corrected chi connectivity index (χ1v) is 8.49. The summed E-state index contributed by atoms with van der Waals surface area (Å²) >= 11 is 5.79. The highest BCUT2D eigenvalue weighted by molar-refractivity contribution is 6.30. The fraction of sp³-hybridized carbons (Fsp3) is 0.263. The minimum Gasteiger partial charge on any atom is -0.354 e. The van der Waals surface area contributed by atoms with E-state index in [9.17, 15) is 9.59 Å². The van der Waals surface area contributed by atoms with E-state index in [2.05, 4.69) is 10.6 Å². The van der Waals surface area contributed by atoms with Gasteiger partial charge >= 0.3 is 0 Å². The molecule has 1 atom stereocenters. The average molecular weight is 360 g/mol. The first kappa shape index (κ1) is 19.0. The molecule has 2 aromatic rings. The summed E-state index contributed by atoms with van der Waals surface area (Å²) in [6.45, 7) is 2.37. The van der Waals surface area contributed by atoms with Crippen molar-refractivity contribution in [3.63, 3.8) is 0 Å². The Balaban J connectivity index is 1.69. The van der Waals surface area contributed by atoms with E-state index in [0.717, 1.165) is 11.1 Å². The van der Waals surface area contributed by atoms with E-state index in [-0.39, 0.29) is 11.8 Å². The van der Waals surface area contributed by atoms with Crippen LogP contribution in [0.25, 0.3) is 0 Å². The molecule has 0 heterocycles. The van der Waals surface area contributed by atoms with Gasteiger partial charge in [-0.25, -0.2) is 0 Å². The Morgan fingerprint density at radius 1 is 1.08 bits per heavy atom. The van der Waals surface area contributed by atoms with Gasteiger partial charge in [0, 0.05) is 23.7 Å². The van der Waals surface area contributed by atoms with Gasteiger partial charge < -0.3 is 16.4 Å². The van der Waals surface area contributed by atoms with E-state index in [1.165, 1.54) is 0 Å². The molecule has 132 valence electrons. The van der Waals surface area contributed by atoms with Crippen LogP contribution in [0.4, 0.5) is 5.69 Å². The fourth-order valence-electron chi connectivity index (χ4n) is 2.25. The molecule has 0 aliphatic rings. The summed E-state index contributed by atoms with van der Waals surface area (Å²) in [5, 5.41) is 6.15. The first-order valence-electron chi connectivity index (χ1n) is 8.11. The smallest absolute Gasteiger partial charge is 0.241 e. The van der Waals surface area contributed by atoms with Gasteiger partial charge in [0.1, 0.15) is 6.04 Å². The van der Waals surface area contributed by atoms with E-state index in [1.807, 2.05) is 31.2 Å². The number of nitrogens with one attached hydrogen (secondary N) is 2. The highest BCUT2D eigenvalue weighted by Crippen LogP contribution is 2.14. The number of nitrogens with two attached hydrogens (primary N) is 1. The number of benzene rings is 2. The van der Waals surface area contributed by atoms with E-state index in [1.54, 1.807) is 24.3 Å². The number of carbonyl (C=O) groups excluding carboxylic acids is 2. The summed E-state index contributed by atoms with van der Waals surface area (Å²) in [6.07, 6.45) is 0.842. The third-order valence-electron chi connectivity index (χ3n) is 3.73. The molecule has 4 N–H and O–H groups in total. The van der Waals surface area contributed by atoms with Crippen LogP contribution >= 0.6 is 11.6 Å². The maximum Gasteiger partial charge on any atom is 0.241 e. The molecule has 6 heteroatoms. The lowest BCUT2D eigenvalue weighted by Crippen LogP contribution is -2.34. The van der Waals surface area contributed by atoms with Crippen LogP contribution in [0.15, 0.2) is 48.5 Å². The molecule has 25 heavy (non-hydrogen) atoms. The molecule has 0 aromatic heterocycles. The molecular formula is C19H22ClN3O2. The lowest BCUT2D eigenvalue weighted by molar-refractivity contribution is -0.122. The largest absolute Gasteiger partial charge is 0.354 e. The molecule has 0 aliphatic heterocycles. The molecule has 0 saturated heterocycles. The van der Waals surface area contributed by atoms with Crippen LogP contribution in [0.2, 0.25) is 5.02 Å². The van der Waals surface area contributed by atoms with Crippen molar-refractivity contribution < 1.29 is 9.59 Å². The minimum atomic E-state index is -0.705. The lowest BCUT2D eigenvalue weighted by Gasteiger charge is -2.13. The van der Waals surface area contributed by atoms with E-state index in [0.29, 0.717) is 30.1 Å². The Labute approximate surface area is 152 Å². The van der Waals surface area contributed by atoms with Gasteiger partial charge in [-0.1, -0.05) is 41.4 Å². The van der Waals surface area contributed by atoms with Gasteiger partial charge in [0.25, 0.3) is 0 Å². The number of hydrogen-bond donors (Lipinski definition) is 3. The van der Waals surface area contributed by atoms with E-state index in [4.69, 9.17) is 17.3 Å². The van der Waals surface area contributed by atoms with Gasteiger partial charge in [0.05, 0.1) is 0 Å². The number of aryl methyl sites for hydroxylation is 1. The number of hydrogen-bond acceptors (Lipinski definition) is 3. The molecule has 0 fully saturated rings. The van der Waals surface area contributed by atoms with Crippen LogP contribution in [-0.4, -0.2) is 18.4 Å². The second kappa shape index (κ2) is 9.20. The maximum absolute atomic E-state index is 12.0. The van der Waals surface area contributed by atoms with Gasteiger partial charge in [-0.05, 0) is 43.2 Å². The predicted octanol–water partition coefficient (Wildman–Crippen LogP) is 3.18. The molecule has 5 nitrogen and oxygen atoms in total. The Kier molecular flexibility index (Phi) is 6.98. The zero-order valence-electron chi connectivity index (χ0n) is 14.1. The summed E-state index contributed by atoms with van der Waals surface area (Å²) in [5.41, 5.74) is 8.52. The summed E-state index contributed by atoms with van der Waals surface area (Å²) in [7, 11) is 0. The van der Waals surface area contributed by atoms with Crippen molar-refractivity contribution >= 4 is 29.1 Å². The second-order valence-electron chi connectivity index (χ2n) is 5.84. The third-order valence-corrected chi connectivity index (χ3v) is 3.98. The Bertz CT molecular complexity index is 714. The zero-order chi connectivity index (χ0) is 18.2. The molecular weight excluding hydrogens is 338 g/mol. The number of carbonyl (C=O) groups is 2. The zero-order valence-corrected chi connectivity index (χ0v) is 14.8. The summed E-state index contributed by atoms with van der Waals surface area (Å²) in [4.78, 5) is 23.9. The van der Waals surface area contributed by atoms with Crippen LogP contribution in [0.5, 0.6) is 0 Å². The Morgan fingerprint density at radius 3 is 2.36 bits per heavy atom. The van der Waals surface area contributed by atoms with Gasteiger partial charge in [0.2, 0.25) is 11.8 Å². The standard InChI is InChI=1S/C19H22ClN3O2/c1-13-4-6-14(7-5-13)18(21)19(25)22-12-2-3-17(24)23-16-10-8-15(20)9-11-16/h4-11,18H,2-3,12,21H2,1H3,(H,22,25)(H,23,24). The topological polar surface area (TPSA) is 84.2 Å². The molecule has 2 aromatic carbocycles. The van der Waals surface area contributed by atoms with Gasteiger partial charge in [-0.15, -0.1) is 0 Å². The number of halogens is 1. The average Bonchev–Trinajstić information content (AvgIpc) is 2.60. The van der Waals surface area contributed by atoms with Crippen molar-refractivity contribution in [1.29, 1.82) is 0 Å². The molecule has 0 radical (unpaired) electrons. The summed E-state index contributed by atoms with van der Waals surface area (Å²) < 4.78 is 0. The van der Waals surface area contributed by atoms with Crippen LogP contribution in [-0.2, 0) is 9.59 Å². The molecule has 0 bridgehead atoms. The van der Waals surface area contributed by atoms with Crippen LogP contribution in [0.1, 0.15) is 30.0 Å². The van der Waals surface area contributed by atoms with Crippen LogP contribution in [0, 0.1) is 6.92 Å². The van der Waals surface area contributed by atoms with Crippen molar-refractivity contribution in [3.05, 3.63) is 64.7 Å². The van der Waals surface area contributed by atoms with Gasteiger partial charge in [0.15, 0.2) is 0 Å². The number of rotatable bonds is 7. The van der Waals surface area contributed by atoms with Crippen molar-refractivity contribution in [2.24, 2.45) is 5.73 Å². The molecule has 0 spiro atoms. The SMILES string of the molecule is Cc1ccc(C(N)C(=O)NCCCC(=O)Nc2ccc(Cl)cc2)cc1. The molecule has 1 unspecified atom stereocenters. The third kappa shape index (κ3) is 6.21. The summed E-state index contributed by atoms with van der Waals surface area (Å²) in [6, 6.07) is 13.7. The number of amides is 2. The second-order valence-corrected chi connectivity index (χ2v) is 6.27. The Hall–Kier alpha value is -2.37. The van der Waals surface area contributed by atoms with Crippen LogP contribution in [0.3, 0.4) is 0 Å². The van der Waals surface area contributed by atoms with Gasteiger partial charge in [-0.2, -0.15) is 0 Å². The molecule has 0 aliphatic carbocycles. The monoisotopic (exact) mass is 359 g/mol. The quantitative estimate of drug-likeness (QED) is 0.664. The van der Waals surface area contributed by atoms with E-state index < -0.39 is 6.04 Å². The maximum atomic E-state index is 12.0.